The van der Waals surface area contributed by atoms with Crippen molar-refractivity contribution in [2.45, 2.75) is 40.0 Å². The van der Waals surface area contributed by atoms with E-state index in [2.05, 4.69) is 10.1 Å². The number of hydrogen-bond donors (Lipinski definition) is 0. The number of carbonyl (C=O) groups is 1. The molecule has 9 heteroatoms. The second-order valence-corrected chi connectivity index (χ2v) is 7.67. The molecule has 0 atom stereocenters. The molecule has 0 saturated carbocycles. The summed E-state index contributed by atoms with van der Waals surface area (Å²) in [6.07, 6.45) is 0.0419. The molecule has 0 bridgehead atoms. The zero-order chi connectivity index (χ0) is 24.1. The number of nitrogens with zero attached hydrogens (tertiary/aromatic N) is 4. The van der Waals surface area contributed by atoms with Gasteiger partial charge < -0.3 is 14.0 Å². The molecule has 0 unspecified atom stereocenters. The summed E-state index contributed by atoms with van der Waals surface area (Å²) in [4.78, 5) is 29.5. The van der Waals surface area contributed by atoms with E-state index in [4.69, 9.17) is 19.3 Å². The van der Waals surface area contributed by atoms with Crippen molar-refractivity contribution in [1.29, 1.82) is 5.26 Å². The van der Waals surface area contributed by atoms with E-state index in [-0.39, 0.29) is 31.0 Å². The van der Waals surface area contributed by atoms with Crippen molar-refractivity contribution < 1.29 is 18.8 Å². The highest BCUT2D eigenvalue weighted by molar-refractivity contribution is 5.77. The standard InChI is InChI=1S/C25H22N4O5/c1-16-21(17(2)34-28-16)14-32-19-9-7-18(8-10-19)13-24(30)33-15-23-27-22-6-4-3-5-20(22)25(31)29(23)12-11-26/h3-10H,12-15H2,1-2H3. The van der Waals surface area contributed by atoms with Crippen LogP contribution in [0.1, 0.15) is 28.4 Å². The molecule has 0 N–H and O–H groups in total. The molecule has 34 heavy (non-hydrogen) atoms. The number of rotatable bonds is 8. The summed E-state index contributed by atoms with van der Waals surface area (Å²) >= 11 is 0. The SMILES string of the molecule is Cc1noc(C)c1COc1ccc(CC(=O)OCc2nc3ccccc3c(=O)n2CC#N)cc1. The van der Waals surface area contributed by atoms with E-state index in [1.807, 2.05) is 19.9 Å². The van der Waals surface area contributed by atoms with Crippen LogP contribution in [0.15, 0.2) is 57.8 Å². The van der Waals surface area contributed by atoms with Crippen molar-refractivity contribution in [2.75, 3.05) is 0 Å². The summed E-state index contributed by atoms with van der Waals surface area (Å²) in [6.45, 7) is 3.64. The third kappa shape index (κ3) is 4.96. The Morgan fingerprint density at radius 2 is 1.88 bits per heavy atom. The normalized spacial score (nSPS) is 10.7. The Balaban J connectivity index is 1.38. The van der Waals surface area contributed by atoms with Crippen molar-refractivity contribution in [2.24, 2.45) is 0 Å². The fraction of sp³-hybridized carbons (Fsp3) is 0.240. The zero-order valence-corrected chi connectivity index (χ0v) is 18.8. The van der Waals surface area contributed by atoms with E-state index in [0.29, 0.717) is 23.3 Å². The van der Waals surface area contributed by atoms with Crippen LogP contribution in [0.3, 0.4) is 0 Å². The van der Waals surface area contributed by atoms with Gasteiger partial charge in [0.05, 0.1) is 34.7 Å². The summed E-state index contributed by atoms with van der Waals surface area (Å²) < 4.78 is 17.5. The second-order valence-electron chi connectivity index (χ2n) is 7.67. The molecular weight excluding hydrogens is 436 g/mol. The summed E-state index contributed by atoms with van der Waals surface area (Å²) in [7, 11) is 0. The van der Waals surface area contributed by atoms with Crippen molar-refractivity contribution >= 4 is 16.9 Å². The Labute approximate surface area is 195 Å². The highest BCUT2D eigenvalue weighted by atomic mass is 16.5. The minimum absolute atomic E-state index is 0.0419. The van der Waals surface area contributed by atoms with Crippen LogP contribution in [0.25, 0.3) is 10.9 Å². The smallest absolute Gasteiger partial charge is 0.310 e. The lowest BCUT2D eigenvalue weighted by molar-refractivity contribution is -0.144. The second kappa shape index (κ2) is 10.0. The lowest BCUT2D eigenvalue weighted by Crippen LogP contribution is -2.26. The van der Waals surface area contributed by atoms with Crippen LogP contribution in [0.5, 0.6) is 5.75 Å². The predicted molar refractivity (Wildman–Crippen MR) is 122 cm³/mol. The van der Waals surface area contributed by atoms with Crippen LogP contribution >= 0.6 is 0 Å². The number of benzene rings is 2. The number of aromatic nitrogens is 3. The first-order valence-corrected chi connectivity index (χ1v) is 10.6. The molecule has 0 amide bonds. The average Bonchev–Trinajstić information content (AvgIpc) is 3.16. The van der Waals surface area contributed by atoms with Crippen LogP contribution < -0.4 is 10.3 Å². The molecule has 0 spiro atoms. The molecule has 0 saturated heterocycles. The molecule has 9 nitrogen and oxygen atoms in total. The number of ether oxygens (including phenoxy) is 2. The van der Waals surface area contributed by atoms with Crippen LogP contribution in [0.2, 0.25) is 0 Å². The summed E-state index contributed by atoms with van der Waals surface area (Å²) in [5, 5.41) is 13.4. The molecule has 2 aromatic carbocycles. The van der Waals surface area contributed by atoms with Gasteiger partial charge >= 0.3 is 5.97 Å². The number of hydrogen-bond acceptors (Lipinski definition) is 8. The van der Waals surface area contributed by atoms with E-state index in [0.717, 1.165) is 22.6 Å². The van der Waals surface area contributed by atoms with Gasteiger partial charge in [-0.1, -0.05) is 29.4 Å². The van der Waals surface area contributed by atoms with Gasteiger partial charge in [-0.15, -0.1) is 0 Å². The minimum atomic E-state index is -0.477. The first-order chi connectivity index (χ1) is 16.5. The van der Waals surface area contributed by atoms with Gasteiger partial charge in [-0.05, 0) is 43.7 Å². The first kappa shape index (κ1) is 22.7. The maximum atomic E-state index is 12.7. The summed E-state index contributed by atoms with van der Waals surface area (Å²) in [5.74, 6) is 1.12. The number of fused-ring (bicyclic) bond motifs is 1. The van der Waals surface area contributed by atoms with Gasteiger partial charge in [-0.3, -0.25) is 14.2 Å². The maximum absolute atomic E-state index is 12.7. The van der Waals surface area contributed by atoms with E-state index in [1.165, 1.54) is 4.57 Å². The molecular formula is C25H22N4O5. The third-order valence-electron chi connectivity index (χ3n) is 5.37. The number of esters is 1. The fourth-order valence-corrected chi connectivity index (χ4v) is 3.49. The molecule has 0 radical (unpaired) electrons. The van der Waals surface area contributed by atoms with Crippen LogP contribution in [0.4, 0.5) is 0 Å². The van der Waals surface area contributed by atoms with Gasteiger partial charge in [0, 0.05) is 0 Å². The van der Waals surface area contributed by atoms with Crippen LogP contribution in [-0.2, 0) is 35.7 Å². The third-order valence-corrected chi connectivity index (χ3v) is 5.37. The lowest BCUT2D eigenvalue weighted by Gasteiger charge is -2.11. The summed E-state index contributed by atoms with van der Waals surface area (Å²) in [6, 6.07) is 15.9. The van der Waals surface area contributed by atoms with Gasteiger partial charge in [0.25, 0.3) is 5.56 Å². The Bertz CT molecular complexity index is 1410. The van der Waals surface area contributed by atoms with Gasteiger partial charge in [0.2, 0.25) is 0 Å². The van der Waals surface area contributed by atoms with E-state index < -0.39 is 5.97 Å². The van der Waals surface area contributed by atoms with Crippen molar-refractivity contribution in [1.82, 2.24) is 14.7 Å². The molecule has 4 aromatic rings. The lowest BCUT2D eigenvalue weighted by atomic mass is 10.1. The highest BCUT2D eigenvalue weighted by Gasteiger charge is 2.14. The number of carbonyl (C=O) groups excluding carboxylic acids is 1. The van der Waals surface area contributed by atoms with Crippen LogP contribution in [0, 0.1) is 25.2 Å². The molecule has 172 valence electrons. The van der Waals surface area contributed by atoms with E-state index in [1.54, 1.807) is 48.5 Å². The molecule has 4 rings (SSSR count). The van der Waals surface area contributed by atoms with Crippen molar-refractivity contribution in [3.05, 3.63) is 87.3 Å². The Hall–Kier alpha value is -4.45. The number of nitriles is 1. The van der Waals surface area contributed by atoms with Crippen molar-refractivity contribution in [3.63, 3.8) is 0 Å². The Morgan fingerprint density at radius 1 is 1.12 bits per heavy atom. The topological polar surface area (TPSA) is 120 Å². The summed E-state index contributed by atoms with van der Waals surface area (Å²) in [5.41, 5.74) is 2.59. The van der Waals surface area contributed by atoms with Crippen molar-refractivity contribution in [3.8, 4) is 11.8 Å². The maximum Gasteiger partial charge on any atom is 0.310 e. The van der Waals surface area contributed by atoms with Gasteiger partial charge in [0.1, 0.15) is 31.3 Å². The number of aryl methyl sites for hydroxylation is 2. The Morgan fingerprint density at radius 3 is 2.59 bits per heavy atom. The molecule has 2 heterocycles. The number of para-hydroxylation sites is 1. The highest BCUT2D eigenvalue weighted by Crippen LogP contribution is 2.18. The molecule has 0 aliphatic heterocycles. The predicted octanol–water partition coefficient (Wildman–Crippen LogP) is 3.39. The quantitative estimate of drug-likeness (QED) is 0.369. The molecule has 0 fully saturated rings. The average molecular weight is 458 g/mol. The van der Waals surface area contributed by atoms with Gasteiger partial charge in [-0.25, -0.2) is 4.98 Å². The minimum Gasteiger partial charge on any atom is -0.489 e. The largest absolute Gasteiger partial charge is 0.489 e. The fourth-order valence-electron chi connectivity index (χ4n) is 3.49. The Kier molecular flexibility index (Phi) is 6.69. The molecule has 0 aliphatic carbocycles. The zero-order valence-electron chi connectivity index (χ0n) is 18.8. The first-order valence-electron chi connectivity index (χ1n) is 10.6. The molecule has 2 aromatic heterocycles. The van der Waals surface area contributed by atoms with Gasteiger partial charge in [-0.2, -0.15) is 5.26 Å². The van der Waals surface area contributed by atoms with E-state index >= 15 is 0 Å². The van der Waals surface area contributed by atoms with Gasteiger partial charge in [0.15, 0.2) is 5.82 Å². The monoisotopic (exact) mass is 458 g/mol. The van der Waals surface area contributed by atoms with Crippen LogP contribution in [-0.4, -0.2) is 20.7 Å². The van der Waals surface area contributed by atoms with E-state index in [9.17, 15) is 9.59 Å². The molecule has 0 aliphatic rings.